The Kier molecular flexibility index (Phi) is 4.81. The summed E-state index contributed by atoms with van der Waals surface area (Å²) in [5.74, 6) is 1.53. The molecule has 2 heterocycles. The predicted molar refractivity (Wildman–Crippen MR) is 91.2 cm³/mol. The zero-order valence-corrected chi connectivity index (χ0v) is 14.1. The van der Waals surface area contributed by atoms with Gasteiger partial charge in [0.05, 0.1) is 5.69 Å². The van der Waals surface area contributed by atoms with Gasteiger partial charge in [0.1, 0.15) is 13.2 Å². The molecule has 0 spiro atoms. The molecule has 0 aliphatic carbocycles. The van der Waals surface area contributed by atoms with Crippen LogP contribution in [0.4, 0.5) is 5.13 Å². The molecular weight excluding hydrogens is 312 g/mol. The minimum atomic E-state index is 0.00152. The quantitative estimate of drug-likeness (QED) is 0.900. The number of amides is 1. The van der Waals surface area contributed by atoms with Crippen LogP contribution in [0.1, 0.15) is 26.7 Å². The fourth-order valence-corrected chi connectivity index (χ4v) is 3.18. The molecule has 5 nitrogen and oxygen atoms in total. The monoisotopic (exact) mass is 332 g/mol. The maximum atomic E-state index is 12.1. The molecule has 0 radical (unpaired) electrons. The van der Waals surface area contributed by atoms with E-state index in [1.54, 1.807) is 0 Å². The van der Waals surface area contributed by atoms with Crippen LogP contribution < -0.4 is 14.8 Å². The fraction of sp³-hybridized carbons (Fsp3) is 0.412. The van der Waals surface area contributed by atoms with E-state index in [-0.39, 0.29) is 11.8 Å². The Morgan fingerprint density at radius 2 is 2.13 bits per heavy atom. The van der Waals surface area contributed by atoms with E-state index in [9.17, 15) is 4.79 Å². The van der Waals surface area contributed by atoms with Crippen molar-refractivity contribution >= 4 is 22.4 Å². The van der Waals surface area contributed by atoms with Gasteiger partial charge < -0.3 is 14.8 Å². The highest BCUT2D eigenvalue weighted by atomic mass is 32.1. The summed E-state index contributed by atoms with van der Waals surface area (Å²) in [7, 11) is 0. The van der Waals surface area contributed by atoms with E-state index in [2.05, 4.69) is 17.2 Å². The normalized spacial score (nSPS) is 14.3. The lowest BCUT2D eigenvalue weighted by Gasteiger charge is -2.18. The van der Waals surface area contributed by atoms with Gasteiger partial charge in [0, 0.05) is 16.9 Å². The number of benzene rings is 1. The summed E-state index contributed by atoms with van der Waals surface area (Å²) in [5.41, 5.74) is 1.78. The Labute approximate surface area is 139 Å². The van der Waals surface area contributed by atoms with Gasteiger partial charge in [0.25, 0.3) is 0 Å². The standard InChI is InChI=1S/C17H20N2O3S/c1-3-4-11(2)16(20)19-17-18-13(10-23-17)12-5-6-14-15(9-12)22-8-7-21-14/h5-6,9-11H,3-4,7-8H2,1-2H3,(H,18,19,20). The molecule has 6 heteroatoms. The fourth-order valence-electron chi connectivity index (χ4n) is 2.46. The third kappa shape index (κ3) is 3.64. The van der Waals surface area contributed by atoms with Crippen LogP contribution in [-0.4, -0.2) is 24.1 Å². The van der Waals surface area contributed by atoms with Crippen molar-refractivity contribution in [2.24, 2.45) is 5.92 Å². The number of rotatable bonds is 5. The number of fused-ring (bicyclic) bond motifs is 1. The predicted octanol–water partition coefficient (Wildman–Crippen LogP) is 3.96. The molecule has 2 aromatic rings. The molecule has 1 aromatic heterocycles. The second kappa shape index (κ2) is 7.00. The molecule has 1 N–H and O–H groups in total. The van der Waals surface area contributed by atoms with E-state index < -0.39 is 0 Å². The van der Waals surface area contributed by atoms with E-state index in [4.69, 9.17) is 9.47 Å². The van der Waals surface area contributed by atoms with Gasteiger partial charge in [-0.3, -0.25) is 4.79 Å². The highest BCUT2D eigenvalue weighted by Gasteiger charge is 2.16. The molecule has 0 fully saturated rings. The lowest BCUT2D eigenvalue weighted by molar-refractivity contribution is -0.119. The van der Waals surface area contributed by atoms with Crippen molar-refractivity contribution in [2.75, 3.05) is 18.5 Å². The zero-order valence-electron chi connectivity index (χ0n) is 13.3. The molecule has 122 valence electrons. The van der Waals surface area contributed by atoms with Crippen LogP contribution >= 0.6 is 11.3 Å². The summed E-state index contributed by atoms with van der Waals surface area (Å²) in [6.45, 7) is 5.15. The first-order valence-electron chi connectivity index (χ1n) is 7.83. The van der Waals surface area contributed by atoms with Crippen molar-refractivity contribution in [1.29, 1.82) is 0 Å². The summed E-state index contributed by atoms with van der Waals surface area (Å²) in [6.07, 6.45) is 1.88. The molecule has 1 atom stereocenters. The second-order valence-corrected chi connectivity index (χ2v) is 6.43. The van der Waals surface area contributed by atoms with E-state index in [1.807, 2.05) is 30.5 Å². The first-order chi connectivity index (χ1) is 11.2. The van der Waals surface area contributed by atoms with E-state index in [0.29, 0.717) is 18.3 Å². The van der Waals surface area contributed by atoms with Crippen molar-refractivity contribution in [1.82, 2.24) is 4.98 Å². The lowest BCUT2D eigenvalue weighted by Crippen LogP contribution is -2.20. The molecule has 1 aliphatic heterocycles. The number of anilines is 1. The largest absolute Gasteiger partial charge is 0.486 e. The number of nitrogens with zero attached hydrogens (tertiary/aromatic N) is 1. The summed E-state index contributed by atoms with van der Waals surface area (Å²) < 4.78 is 11.1. The van der Waals surface area contributed by atoms with Gasteiger partial charge in [-0.05, 0) is 24.6 Å². The SMILES string of the molecule is CCCC(C)C(=O)Nc1nc(-c2ccc3c(c2)OCCO3)cs1. The van der Waals surface area contributed by atoms with Crippen LogP contribution in [-0.2, 0) is 4.79 Å². The summed E-state index contributed by atoms with van der Waals surface area (Å²) in [4.78, 5) is 16.6. The van der Waals surface area contributed by atoms with Crippen LogP contribution in [0.3, 0.4) is 0 Å². The van der Waals surface area contributed by atoms with E-state index in [1.165, 1.54) is 11.3 Å². The van der Waals surface area contributed by atoms with Crippen molar-refractivity contribution in [3.8, 4) is 22.8 Å². The van der Waals surface area contributed by atoms with Crippen LogP contribution in [0.2, 0.25) is 0 Å². The van der Waals surface area contributed by atoms with Gasteiger partial charge in [0.2, 0.25) is 5.91 Å². The zero-order chi connectivity index (χ0) is 16.2. The minimum Gasteiger partial charge on any atom is -0.486 e. The number of aromatic nitrogens is 1. The van der Waals surface area contributed by atoms with E-state index >= 15 is 0 Å². The van der Waals surface area contributed by atoms with Gasteiger partial charge in [-0.15, -0.1) is 11.3 Å². The summed E-state index contributed by atoms with van der Waals surface area (Å²) >= 11 is 1.43. The first-order valence-corrected chi connectivity index (χ1v) is 8.71. The summed E-state index contributed by atoms with van der Waals surface area (Å²) in [6, 6.07) is 5.77. The van der Waals surface area contributed by atoms with Gasteiger partial charge in [-0.1, -0.05) is 20.3 Å². The smallest absolute Gasteiger partial charge is 0.228 e. The average Bonchev–Trinajstić information content (AvgIpc) is 3.03. The first kappa shape index (κ1) is 15.8. The molecule has 1 aromatic carbocycles. The Balaban J connectivity index is 1.73. The molecule has 0 bridgehead atoms. The Morgan fingerprint density at radius 1 is 1.35 bits per heavy atom. The van der Waals surface area contributed by atoms with Crippen LogP contribution in [0.5, 0.6) is 11.5 Å². The maximum Gasteiger partial charge on any atom is 0.228 e. The van der Waals surface area contributed by atoms with Crippen molar-refractivity contribution in [3.63, 3.8) is 0 Å². The molecular formula is C17H20N2O3S. The molecule has 0 saturated heterocycles. The third-order valence-corrected chi connectivity index (χ3v) is 4.50. The number of nitrogens with one attached hydrogen (secondary N) is 1. The molecule has 23 heavy (non-hydrogen) atoms. The number of ether oxygens (including phenoxy) is 2. The van der Waals surface area contributed by atoms with Gasteiger partial charge in [0.15, 0.2) is 16.6 Å². The molecule has 0 saturated carbocycles. The van der Waals surface area contributed by atoms with Crippen molar-refractivity contribution < 1.29 is 14.3 Å². The maximum absolute atomic E-state index is 12.1. The van der Waals surface area contributed by atoms with Gasteiger partial charge in [-0.2, -0.15) is 0 Å². The van der Waals surface area contributed by atoms with Gasteiger partial charge >= 0.3 is 0 Å². The third-order valence-electron chi connectivity index (χ3n) is 3.74. The number of hydrogen-bond acceptors (Lipinski definition) is 5. The number of carbonyl (C=O) groups excluding carboxylic acids is 1. The molecule has 1 amide bonds. The van der Waals surface area contributed by atoms with Crippen LogP contribution in [0, 0.1) is 5.92 Å². The highest BCUT2D eigenvalue weighted by Crippen LogP contribution is 2.35. The van der Waals surface area contributed by atoms with Crippen molar-refractivity contribution in [2.45, 2.75) is 26.7 Å². The van der Waals surface area contributed by atoms with Crippen molar-refractivity contribution in [3.05, 3.63) is 23.6 Å². The molecule has 1 unspecified atom stereocenters. The topological polar surface area (TPSA) is 60.5 Å². The van der Waals surface area contributed by atoms with Crippen LogP contribution in [0.25, 0.3) is 11.3 Å². The highest BCUT2D eigenvalue weighted by molar-refractivity contribution is 7.14. The minimum absolute atomic E-state index is 0.00152. The second-order valence-electron chi connectivity index (χ2n) is 5.58. The van der Waals surface area contributed by atoms with E-state index in [0.717, 1.165) is 35.6 Å². The van der Waals surface area contributed by atoms with Gasteiger partial charge in [-0.25, -0.2) is 4.98 Å². The molecule has 3 rings (SSSR count). The Morgan fingerprint density at radius 3 is 2.91 bits per heavy atom. The lowest BCUT2D eigenvalue weighted by atomic mass is 10.1. The average molecular weight is 332 g/mol. The Bertz CT molecular complexity index is 699. The number of carbonyl (C=O) groups is 1. The van der Waals surface area contributed by atoms with Crippen LogP contribution in [0.15, 0.2) is 23.6 Å². The summed E-state index contributed by atoms with van der Waals surface area (Å²) in [5, 5.41) is 5.46. The Hall–Kier alpha value is -2.08. The molecule has 1 aliphatic rings. The number of hydrogen-bond donors (Lipinski definition) is 1. The number of thiazole rings is 1.